The highest BCUT2D eigenvalue weighted by Gasteiger charge is 2.41. The molecule has 0 fully saturated rings. The Kier molecular flexibility index (Phi) is 21.0. The number of hydrogen-bond acceptors (Lipinski definition) is 6. The van der Waals surface area contributed by atoms with Gasteiger partial charge in [0.05, 0.1) is 12.8 Å². The van der Waals surface area contributed by atoms with Crippen LogP contribution in [0.25, 0.3) is 0 Å². The van der Waals surface area contributed by atoms with Gasteiger partial charge in [-0.05, 0) is 6.42 Å². The maximum Gasteiger partial charge on any atom is 0.336 e. The van der Waals surface area contributed by atoms with E-state index in [1.807, 2.05) is 0 Å². The Balaban J connectivity index is 3.54. The molecule has 0 aliphatic carbocycles. The Bertz CT molecular complexity index is 619. The van der Waals surface area contributed by atoms with Crippen molar-refractivity contribution in [3.8, 4) is 0 Å². The maximum atomic E-state index is 11.7. The summed E-state index contributed by atoms with van der Waals surface area (Å²) in [6, 6.07) is 0. The van der Waals surface area contributed by atoms with Crippen LogP contribution in [0.1, 0.15) is 148 Å². The lowest BCUT2D eigenvalue weighted by Crippen LogP contribution is -2.43. The van der Waals surface area contributed by atoms with E-state index in [0.29, 0.717) is 6.42 Å². The molecule has 0 bridgehead atoms. The lowest BCUT2D eigenvalue weighted by atomic mass is 9.96. The number of ether oxygens (including phenoxy) is 1. The van der Waals surface area contributed by atoms with Gasteiger partial charge in [-0.1, -0.05) is 122 Å². The molecule has 0 heterocycles. The third-order valence-corrected chi connectivity index (χ3v) is 6.49. The Morgan fingerprint density at radius 2 is 0.917 bits per heavy atom. The highest BCUT2D eigenvalue weighted by atomic mass is 16.6. The van der Waals surface area contributed by atoms with Gasteiger partial charge in [-0.25, -0.2) is 4.79 Å². The molecule has 0 radical (unpaired) electrons. The fraction of sp³-hybridized carbons (Fsp3) is 0.857. The van der Waals surface area contributed by atoms with Crippen LogP contribution in [0, 0.1) is 0 Å². The highest BCUT2D eigenvalue weighted by molar-refractivity contribution is 5.92. The number of carboxylic acid groups (broad SMARTS) is 2. The molecule has 1 unspecified atom stereocenters. The van der Waals surface area contributed by atoms with Crippen LogP contribution in [-0.4, -0.2) is 44.8 Å². The van der Waals surface area contributed by atoms with Gasteiger partial charge in [0.15, 0.2) is 5.60 Å². The molecule has 0 aliphatic rings. The van der Waals surface area contributed by atoms with Gasteiger partial charge < -0.3 is 20.1 Å². The number of carbonyl (C=O) groups is 4. The number of esters is 2. The molecular weight excluding hydrogens is 464 g/mol. The van der Waals surface area contributed by atoms with E-state index in [2.05, 4.69) is 11.7 Å². The molecule has 3 N–H and O–H groups in total. The second-order valence-electron chi connectivity index (χ2n) is 10.0. The van der Waals surface area contributed by atoms with E-state index in [4.69, 9.17) is 10.2 Å². The van der Waals surface area contributed by atoms with Crippen molar-refractivity contribution in [1.82, 2.24) is 0 Å². The van der Waals surface area contributed by atoms with Crippen LogP contribution in [0.2, 0.25) is 0 Å². The van der Waals surface area contributed by atoms with Crippen LogP contribution < -0.4 is 0 Å². The second-order valence-corrected chi connectivity index (χ2v) is 10.0. The predicted octanol–water partition coefficient (Wildman–Crippen LogP) is 6.56. The minimum Gasteiger partial charge on any atom is -0.481 e. The van der Waals surface area contributed by atoms with Crippen molar-refractivity contribution < 1.29 is 39.2 Å². The van der Waals surface area contributed by atoms with Crippen molar-refractivity contribution in [2.24, 2.45) is 0 Å². The lowest BCUT2D eigenvalue weighted by molar-refractivity contribution is -0.174. The molecule has 8 heteroatoms. The van der Waals surface area contributed by atoms with Crippen molar-refractivity contribution >= 4 is 23.9 Å². The van der Waals surface area contributed by atoms with E-state index in [1.165, 1.54) is 96.3 Å². The summed E-state index contributed by atoms with van der Waals surface area (Å²) in [6.45, 7) is 2.26. The molecule has 0 aliphatic heterocycles. The minimum atomic E-state index is -2.80. The summed E-state index contributed by atoms with van der Waals surface area (Å²) in [7, 11) is 0. The molecule has 0 saturated heterocycles. The van der Waals surface area contributed by atoms with Crippen molar-refractivity contribution in [2.45, 2.75) is 154 Å². The van der Waals surface area contributed by atoms with Gasteiger partial charge in [0, 0.05) is 6.42 Å². The quantitative estimate of drug-likeness (QED) is 0.0707. The Labute approximate surface area is 217 Å². The number of aliphatic hydroxyl groups is 1. The van der Waals surface area contributed by atoms with E-state index in [0.717, 1.165) is 19.3 Å². The molecular formula is C28H50O8. The first-order valence-electron chi connectivity index (χ1n) is 14.1. The van der Waals surface area contributed by atoms with Gasteiger partial charge >= 0.3 is 23.9 Å². The molecule has 0 saturated carbocycles. The number of carboxylic acids is 2. The number of carbonyl (C=O) groups excluding carboxylic acids is 2. The van der Waals surface area contributed by atoms with E-state index in [1.54, 1.807) is 0 Å². The van der Waals surface area contributed by atoms with Crippen LogP contribution in [0.4, 0.5) is 0 Å². The number of unbranched alkanes of at least 4 members (excludes halogenated alkanes) is 18. The lowest BCUT2D eigenvalue weighted by Gasteiger charge is -2.19. The summed E-state index contributed by atoms with van der Waals surface area (Å²) in [4.78, 5) is 45.1. The smallest absolute Gasteiger partial charge is 0.336 e. The normalized spacial score (nSPS) is 12.7. The summed E-state index contributed by atoms with van der Waals surface area (Å²) in [5.74, 6) is -5.47. The topological polar surface area (TPSA) is 138 Å². The first kappa shape index (κ1) is 34.0. The molecule has 0 aromatic rings. The first-order chi connectivity index (χ1) is 17.2. The zero-order valence-electron chi connectivity index (χ0n) is 22.4. The van der Waals surface area contributed by atoms with Gasteiger partial charge in [-0.2, -0.15) is 0 Å². The maximum absolute atomic E-state index is 11.7. The van der Waals surface area contributed by atoms with Crippen molar-refractivity contribution in [3.63, 3.8) is 0 Å². The van der Waals surface area contributed by atoms with Crippen LogP contribution in [-0.2, 0) is 23.9 Å². The minimum absolute atomic E-state index is 0.0228. The fourth-order valence-electron chi connectivity index (χ4n) is 4.26. The molecule has 0 amide bonds. The second kappa shape index (κ2) is 22.3. The molecule has 210 valence electrons. The summed E-state index contributed by atoms with van der Waals surface area (Å²) < 4.78 is 4.52. The van der Waals surface area contributed by atoms with Gasteiger partial charge in [0.1, 0.15) is 0 Å². The van der Waals surface area contributed by atoms with Gasteiger partial charge in [-0.3, -0.25) is 14.4 Å². The van der Waals surface area contributed by atoms with Crippen LogP contribution in [0.15, 0.2) is 0 Å². The Morgan fingerprint density at radius 3 is 1.25 bits per heavy atom. The average molecular weight is 515 g/mol. The highest BCUT2D eigenvalue weighted by Crippen LogP contribution is 2.18. The SMILES string of the molecule is CCCCCCCCCCCCCCCCCCCCCC(=O)OC(=O)CC(O)(CC(=O)O)C(=O)O. The van der Waals surface area contributed by atoms with Crippen molar-refractivity contribution in [1.29, 1.82) is 0 Å². The van der Waals surface area contributed by atoms with Crippen molar-refractivity contribution in [3.05, 3.63) is 0 Å². The van der Waals surface area contributed by atoms with E-state index < -0.39 is 42.3 Å². The standard InChI is InChI=1S/C28H50O8/c1-2-3-4-5-6-7-8-9-10-11-12-13-14-15-16-17-18-19-20-21-25(31)36-26(32)23-28(35,27(33)34)22-24(29)30/h35H,2-23H2,1H3,(H,29,30)(H,33,34). The average Bonchev–Trinajstić information content (AvgIpc) is 2.79. The third-order valence-electron chi connectivity index (χ3n) is 6.49. The predicted molar refractivity (Wildman–Crippen MR) is 139 cm³/mol. The molecule has 0 aromatic carbocycles. The van der Waals surface area contributed by atoms with Gasteiger partial charge in [0.25, 0.3) is 0 Å². The summed E-state index contributed by atoms with van der Waals surface area (Å²) in [5, 5.41) is 27.4. The third kappa shape index (κ3) is 20.3. The summed E-state index contributed by atoms with van der Waals surface area (Å²) in [5.41, 5.74) is -2.80. The largest absolute Gasteiger partial charge is 0.481 e. The monoisotopic (exact) mass is 514 g/mol. The molecule has 1 atom stereocenters. The molecule has 0 rings (SSSR count). The van der Waals surface area contributed by atoms with Crippen LogP contribution in [0.5, 0.6) is 0 Å². The number of hydrogen-bond donors (Lipinski definition) is 3. The molecule has 8 nitrogen and oxygen atoms in total. The molecule has 0 aromatic heterocycles. The number of aliphatic carboxylic acids is 2. The first-order valence-corrected chi connectivity index (χ1v) is 14.1. The van der Waals surface area contributed by atoms with Gasteiger partial charge in [-0.15, -0.1) is 0 Å². The van der Waals surface area contributed by atoms with E-state index in [9.17, 15) is 24.3 Å². The van der Waals surface area contributed by atoms with Gasteiger partial charge in [0.2, 0.25) is 0 Å². The summed E-state index contributed by atoms with van der Waals surface area (Å²) >= 11 is 0. The van der Waals surface area contributed by atoms with Crippen molar-refractivity contribution in [2.75, 3.05) is 0 Å². The summed E-state index contributed by atoms with van der Waals surface area (Å²) in [6.07, 6.45) is 21.4. The molecule has 0 spiro atoms. The molecule has 36 heavy (non-hydrogen) atoms. The van der Waals surface area contributed by atoms with E-state index in [-0.39, 0.29) is 6.42 Å². The fourth-order valence-corrected chi connectivity index (χ4v) is 4.26. The van der Waals surface area contributed by atoms with Crippen LogP contribution >= 0.6 is 0 Å². The Morgan fingerprint density at radius 1 is 0.556 bits per heavy atom. The zero-order chi connectivity index (χ0) is 27.1. The number of rotatable bonds is 25. The van der Waals surface area contributed by atoms with Crippen LogP contribution in [0.3, 0.4) is 0 Å². The Hall–Kier alpha value is -1.96. The van der Waals surface area contributed by atoms with E-state index >= 15 is 0 Å². The zero-order valence-corrected chi connectivity index (χ0v) is 22.4.